The smallest absolute Gasteiger partial charge is 0.337 e. The molecule has 0 heterocycles. The normalized spacial score (nSPS) is 14.2. The number of halogens is 1. The van der Waals surface area contributed by atoms with Gasteiger partial charge in [-0.2, -0.15) is 0 Å². The van der Waals surface area contributed by atoms with Gasteiger partial charge in [-0.05, 0) is 31.0 Å². The second-order valence-electron chi connectivity index (χ2n) is 4.47. The number of carbonyl (C=O) groups is 2. The highest BCUT2D eigenvalue weighted by Crippen LogP contribution is 2.28. The molecule has 102 valence electrons. The fourth-order valence-electron chi connectivity index (χ4n) is 1.67. The zero-order valence-electron chi connectivity index (χ0n) is 10.4. The number of benzene rings is 1. The van der Waals surface area contributed by atoms with Crippen molar-refractivity contribution in [2.45, 2.75) is 23.8 Å². The molecule has 1 N–H and O–H groups in total. The van der Waals surface area contributed by atoms with E-state index in [0.717, 1.165) is 17.7 Å². The molecule has 0 aromatic heterocycles. The van der Waals surface area contributed by atoms with E-state index in [4.69, 9.17) is 16.7 Å². The van der Waals surface area contributed by atoms with Crippen LogP contribution in [0.2, 0.25) is 5.02 Å². The molecule has 0 unspecified atom stereocenters. The number of hydrogen-bond donors (Lipinski definition) is 1. The summed E-state index contributed by atoms with van der Waals surface area (Å²) in [5.41, 5.74) is 0.0645. The van der Waals surface area contributed by atoms with Crippen molar-refractivity contribution in [3.8, 4) is 0 Å². The lowest BCUT2D eigenvalue weighted by Gasteiger charge is -2.15. The molecule has 1 fully saturated rings. The molecule has 0 saturated heterocycles. The lowest BCUT2D eigenvalue weighted by atomic mass is 10.2. The van der Waals surface area contributed by atoms with Gasteiger partial charge in [0.15, 0.2) is 0 Å². The Labute approximate surface area is 120 Å². The standard InChI is InChI=1S/C13H14ClNO3S/c1-15(8-2-3-8)12(16)7-19-9-4-5-11(14)10(6-9)13(17)18/h4-6,8H,2-3,7H2,1H3,(H,17,18). The maximum atomic E-state index is 11.8. The van der Waals surface area contributed by atoms with Gasteiger partial charge in [0, 0.05) is 18.0 Å². The number of thioether (sulfide) groups is 1. The van der Waals surface area contributed by atoms with E-state index < -0.39 is 5.97 Å². The summed E-state index contributed by atoms with van der Waals surface area (Å²) in [6.45, 7) is 0. The molecule has 1 aliphatic carbocycles. The number of carboxylic acid groups (broad SMARTS) is 1. The molecule has 4 nitrogen and oxygen atoms in total. The van der Waals surface area contributed by atoms with E-state index in [2.05, 4.69) is 0 Å². The molecule has 0 bridgehead atoms. The maximum absolute atomic E-state index is 11.8. The highest BCUT2D eigenvalue weighted by molar-refractivity contribution is 8.00. The largest absolute Gasteiger partial charge is 0.478 e. The molecular formula is C13H14ClNO3S. The minimum Gasteiger partial charge on any atom is -0.478 e. The molecule has 0 radical (unpaired) electrons. The first-order valence-corrected chi connectivity index (χ1v) is 7.26. The number of amides is 1. The minimum absolute atomic E-state index is 0.0645. The van der Waals surface area contributed by atoms with E-state index in [1.165, 1.54) is 17.8 Å². The van der Waals surface area contributed by atoms with Gasteiger partial charge in [-0.25, -0.2) is 4.79 Å². The van der Waals surface area contributed by atoms with Crippen LogP contribution < -0.4 is 0 Å². The van der Waals surface area contributed by atoms with E-state index in [9.17, 15) is 9.59 Å². The van der Waals surface area contributed by atoms with Crippen LogP contribution in [0, 0.1) is 0 Å². The first-order valence-electron chi connectivity index (χ1n) is 5.90. The van der Waals surface area contributed by atoms with Crippen LogP contribution in [-0.2, 0) is 4.79 Å². The van der Waals surface area contributed by atoms with Crippen molar-refractivity contribution in [1.29, 1.82) is 0 Å². The number of hydrogen-bond acceptors (Lipinski definition) is 3. The predicted octanol–water partition coefficient (Wildman–Crippen LogP) is 2.75. The predicted molar refractivity (Wildman–Crippen MR) is 74.9 cm³/mol. The summed E-state index contributed by atoms with van der Waals surface area (Å²) in [4.78, 5) is 25.3. The van der Waals surface area contributed by atoms with Crippen LogP contribution in [-0.4, -0.2) is 40.7 Å². The molecule has 0 spiro atoms. The number of nitrogens with zero attached hydrogens (tertiary/aromatic N) is 1. The lowest BCUT2D eigenvalue weighted by molar-refractivity contribution is -0.127. The van der Waals surface area contributed by atoms with Crippen LogP contribution in [0.5, 0.6) is 0 Å². The van der Waals surface area contributed by atoms with Gasteiger partial charge in [0.2, 0.25) is 5.91 Å². The summed E-state index contributed by atoms with van der Waals surface area (Å²) >= 11 is 7.12. The van der Waals surface area contributed by atoms with E-state index >= 15 is 0 Å². The Morgan fingerprint density at radius 3 is 2.74 bits per heavy atom. The van der Waals surface area contributed by atoms with E-state index in [-0.39, 0.29) is 16.5 Å². The quantitative estimate of drug-likeness (QED) is 0.849. The van der Waals surface area contributed by atoms with E-state index in [1.54, 1.807) is 17.0 Å². The summed E-state index contributed by atoms with van der Waals surface area (Å²) in [6.07, 6.45) is 2.16. The first kappa shape index (κ1) is 14.2. The van der Waals surface area contributed by atoms with Crippen molar-refractivity contribution in [3.05, 3.63) is 28.8 Å². The molecule has 1 aliphatic rings. The molecule has 1 aromatic rings. The summed E-state index contributed by atoms with van der Waals surface area (Å²) in [6, 6.07) is 5.17. The Kier molecular flexibility index (Phi) is 4.37. The third-order valence-electron chi connectivity index (χ3n) is 3.02. The van der Waals surface area contributed by atoms with Gasteiger partial charge in [-0.15, -0.1) is 11.8 Å². The lowest BCUT2D eigenvalue weighted by Crippen LogP contribution is -2.30. The molecular weight excluding hydrogens is 286 g/mol. The summed E-state index contributed by atoms with van der Waals surface area (Å²) in [5, 5.41) is 9.17. The monoisotopic (exact) mass is 299 g/mol. The Hall–Kier alpha value is -1.20. The van der Waals surface area contributed by atoms with Crippen molar-refractivity contribution >= 4 is 35.2 Å². The third-order valence-corrected chi connectivity index (χ3v) is 4.33. The topological polar surface area (TPSA) is 57.6 Å². The van der Waals surface area contributed by atoms with Crippen molar-refractivity contribution in [1.82, 2.24) is 4.90 Å². The van der Waals surface area contributed by atoms with Crippen molar-refractivity contribution in [2.75, 3.05) is 12.8 Å². The van der Waals surface area contributed by atoms with Crippen molar-refractivity contribution in [3.63, 3.8) is 0 Å². The molecule has 1 aromatic carbocycles. The van der Waals surface area contributed by atoms with E-state index in [0.29, 0.717) is 11.8 Å². The molecule has 0 aliphatic heterocycles. The second-order valence-corrected chi connectivity index (χ2v) is 5.93. The highest BCUT2D eigenvalue weighted by atomic mass is 35.5. The summed E-state index contributed by atoms with van der Waals surface area (Å²) in [5.74, 6) is -0.679. The van der Waals surface area contributed by atoms with Crippen LogP contribution in [0.3, 0.4) is 0 Å². The van der Waals surface area contributed by atoms with Gasteiger partial charge in [0.1, 0.15) is 0 Å². The SMILES string of the molecule is CN(C(=O)CSc1ccc(Cl)c(C(=O)O)c1)C1CC1. The van der Waals surface area contributed by atoms with Gasteiger partial charge in [0.05, 0.1) is 16.3 Å². The van der Waals surface area contributed by atoms with Gasteiger partial charge >= 0.3 is 5.97 Å². The minimum atomic E-state index is -1.06. The van der Waals surface area contributed by atoms with Gasteiger partial charge < -0.3 is 10.0 Å². The fourth-order valence-corrected chi connectivity index (χ4v) is 2.73. The van der Waals surface area contributed by atoms with Gasteiger partial charge in [0.25, 0.3) is 0 Å². The van der Waals surface area contributed by atoms with Crippen LogP contribution in [0.15, 0.2) is 23.1 Å². The van der Waals surface area contributed by atoms with Crippen LogP contribution >= 0.6 is 23.4 Å². The van der Waals surface area contributed by atoms with E-state index in [1.807, 2.05) is 7.05 Å². The number of rotatable bonds is 5. The zero-order valence-corrected chi connectivity index (χ0v) is 12.0. The number of carbonyl (C=O) groups excluding carboxylic acids is 1. The molecule has 1 amide bonds. The summed E-state index contributed by atoms with van der Waals surface area (Å²) in [7, 11) is 1.81. The Bertz CT molecular complexity index is 517. The number of carboxylic acids is 1. The Balaban J connectivity index is 1.97. The van der Waals surface area contributed by atoms with Crippen molar-refractivity contribution < 1.29 is 14.7 Å². The molecule has 1 saturated carbocycles. The van der Waals surface area contributed by atoms with Crippen molar-refractivity contribution in [2.24, 2.45) is 0 Å². The first-order chi connectivity index (χ1) is 8.99. The second kappa shape index (κ2) is 5.84. The maximum Gasteiger partial charge on any atom is 0.337 e. The molecule has 19 heavy (non-hydrogen) atoms. The van der Waals surface area contributed by atoms with Gasteiger partial charge in [-0.1, -0.05) is 11.6 Å². The Morgan fingerprint density at radius 1 is 1.47 bits per heavy atom. The summed E-state index contributed by atoms with van der Waals surface area (Å²) < 4.78 is 0. The molecule has 6 heteroatoms. The Morgan fingerprint density at radius 2 is 2.16 bits per heavy atom. The molecule has 0 atom stereocenters. The van der Waals surface area contributed by atoms with Crippen LogP contribution in [0.4, 0.5) is 0 Å². The number of aromatic carboxylic acids is 1. The highest BCUT2D eigenvalue weighted by Gasteiger charge is 2.29. The zero-order chi connectivity index (χ0) is 14.0. The van der Waals surface area contributed by atoms with Gasteiger partial charge in [-0.3, -0.25) is 4.79 Å². The third kappa shape index (κ3) is 3.64. The average Bonchev–Trinajstić information content (AvgIpc) is 3.20. The average molecular weight is 300 g/mol. The van der Waals surface area contributed by atoms with Crippen LogP contribution in [0.1, 0.15) is 23.2 Å². The molecule has 2 rings (SSSR count). The van der Waals surface area contributed by atoms with Crippen LogP contribution in [0.25, 0.3) is 0 Å². The fraction of sp³-hybridized carbons (Fsp3) is 0.385.